The third-order valence-electron chi connectivity index (χ3n) is 4.21. The minimum absolute atomic E-state index is 0.0509. The average molecular weight is 371 g/mol. The monoisotopic (exact) mass is 371 g/mol. The number of carbonyl (C=O) groups excluding carboxylic acids is 1. The topological polar surface area (TPSA) is 94.0 Å². The minimum atomic E-state index is -1.12. The van der Waals surface area contributed by atoms with Gasteiger partial charge in [-0.1, -0.05) is 0 Å². The average Bonchev–Trinajstić information content (AvgIpc) is 2.91. The molecule has 0 bridgehead atoms. The van der Waals surface area contributed by atoms with Crippen molar-refractivity contribution in [2.45, 2.75) is 26.4 Å². The van der Waals surface area contributed by atoms with Crippen molar-refractivity contribution < 1.29 is 23.9 Å². The Labute approximate surface area is 158 Å². The van der Waals surface area contributed by atoms with E-state index in [1.807, 2.05) is 32.0 Å². The van der Waals surface area contributed by atoms with Gasteiger partial charge in [0.1, 0.15) is 5.75 Å². The van der Waals surface area contributed by atoms with Gasteiger partial charge in [0.25, 0.3) is 0 Å². The number of rotatable bonds is 6. The zero-order valence-electron chi connectivity index (χ0n) is 15.8. The van der Waals surface area contributed by atoms with E-state index in [2.05, 4.69) is 9.97 Å². The Balaban J connectivity index is 1.85. The van der Waals surface area contributed by atoms with Crippen LogP contribution in [0.3, 0.4) is 0 Å². The van der Waals surface area contributed by atoms with Crippen LogP contribution in [0.5, 0.6) is 11.6 Å². The molecule has 1 aliphatic rings. The number of carbonyl (C=O) groups is 1. The molecule has 8 nitrogen and oxygen atoms in total. The number of anilines is 1. The number of benzene rings is 1. The summed E-state index contributed by atoms with van der Waals surface area (Å²) < 4.78 is 16.4. The van der Waals surface area contributed by atoms with E-state index in [4.69, 9.17) is 14.1 Å². The van der Waals surface area contributed by atoms with Crippen LogP contribution in [0.15, 0.2) is 24.5 Å². The summed E-state index contributed by atoms with van der Waals surface area (Å²) in [6.45, 7) is 3.94. The summed E-state index contributed by atoms with van der Waals surface area (Å²) in [5, 5.41) is 10.3. The molecule has 27 heavy (non-hydrogen) atoms. The van der Waals surface area contributed by atoms with Gasteiger partial charge in [0, 0.05) is 14.1 Å². The second-order valence-electron chi connectivity index (χ2n) is 6.44. The number of ether oxygens (including phenoxy) is 2. The molecule has 1 unspecified atom stereocenters. The van der Waals surface area contributed by atoms with Crippen molar-refractivity contribution in [3.8, 4) is 11.6 Å². The van der Waals surface area contributed by atoms with Gasteiger partial charge >= 0.3 is 13.1 Å². The van der Waals surface area contributed by atoms with Gasteiger partial charge in [-0.05, 0) is 42.6 Å². The lowest BCUT2D eigenvalue weighted by Gasteiger charge is -2.15. The molecule has 0 saturated heterocycles. The van der Waals surface area contributed by atoms with E-state index in [0.29, 0.717) is 29.5 Å². The van der Waals surface area contributed by atoms with Gasteiger partial charge in [-0.2, -0.15) is 4.98 Å². The summed E-state index contributed by atoms with van der Waals surface area (Å²) >= 11 is 0. The Morgan fingerprint density at radius 1 is 1.37 bits per heavy atom. The number of hydrogen-bond acceptors (Lipinski definition) is 8. The molecule has 1 aromatic heterocycles. The molecule has 1 aliphatic heterocycles. The molecule has 142 valence electrons. The number of fused-ring (bicyclic) bond motifs is 1. The number of esters is 1. The van der Waals surface area contributed by atoms with E-state index in [1.165, 1.54) is 6.20 Å². The molecule has 2 heterocycles. The summed E-state index contributed by atoms with van der Waals surface area (Å²) in [6, 6.07) is 3.52. The van der Waals surface area contributed by atoms with E-state index in [0.717, 1.165) is 11.1 Å². The number of aromatic nitrogens is 2. The number of nitrogens with zero attached hydrogens (tertiary/aromatic N) is 3. The maximum Gasteiger partial charge on any atom is 0.492 e. The lowest BCUT2D eigenvalue weighted by Crippen LogP contribution is -2.28. The van der Waals surface area contributed by atoms with E-state index >= 15 is 0 Å². The number of hydrogen-bond donors (Lipinski definition) is 1. The van der Waals surface area contributed by atoms with Gasteiger partial charge in [-0.25, -0.2) is 0 Å². The van der Waals surface area contributed by atoms with Crippen molar-refractivity contribution in [3.05, 3.63) is 35.7 Å². The normalized spacial score (nSPS) is 15.4. The standard InChI is InChI=1S/C18H22BN3O5/c1-5-25-17(23)8-14-18-11(2)6-12(7-13(18)19(24)27-14)26-16-10-20-9-15(21-16)22(3)4/h6-7,9-10,14,24H,5,8H2,1-4H3. The highest BCUT2D eigenvalue weighted by atomic mass is 16.5. The third-order valence-corrected chi connectivity index (χ3v) is 4.21. The maximum atomic E-state index is 11.8. The Morgan fingerprint density at radius 2 is 2.15 bits per heavy atom. The Bertz CT molecular complexity index is 846. The second-order valence-corrected chi connectivity index (χ2v) is 6.44. The maximum absolute atomic E-state index is 11.8. The van der Waals surface area contributed by atoms with Crippen LogP contribution < -0.4 is 15.1 Å². The summed E-state index contributed by atoms with van der Waals surface area (Å²) in [5.41, 5.74) is 2.22. The molecular formula is C18H22BN3O5. The van der Waals surface area contributed by atoms with Gasteiger partial charge in [0.15, 0.2) is 5.82 Å². The summed E-state index contributed by atoms with van der Waals surface area (Å²) in [7, 11) is 2.61. The van der Waals surface area contributed by atoms with Crippen LogP contribution >= 0.6 is 0 Å². The fraction of sp³-hybridized carbons (Fsp3) is 0.389. The quantitative estimate of drug-likeness (QED) is 0.601. The summed E-state index contributed by atoms with van der Waals surface area (Å²) in [5.74, 6) is 1.16. The highest BCUT2D eigenvalue weighted by molar-refractivity contribution is 6.62. The predicted octanol–water partition coefficient (Wildman–Crippen LogP) is 1.36. The molecule has 0 aliphatic carbocycles. The highest BCUT2D eigenvalue weighted by Crippen LogP contribution is 2.33. The summed E-state index contributed by atoms with van der Waals surface area (Å²) in [6.07, 6.45) is 2.67. The molecule has 0 spiro atoms. The largest absolute Gasteiger partial charge is 0.492 e. The van der Waals surface area contributed by atoms with Crippen LogP contribution in [0.4, 0.5) is 5.82 Å². The van der Waals surface area contributed by atoms with Crippen molar-refractivity contribution in [3.63, 3.8) is 0 Å². The van der Waals surface area contributed by atoms with Crippen LogP contribution in [0, 0.1) is 6.92 Å². The molecule has 1 atom stereocenters. The van der Waals surface area contributed by atoms with Crippen molar-refractivity contribution in [1.82, 2.24) is 9.97 Å². The van der Waals surface area contributed by atoms with E-state index in [-0.39, 0.29) is 12.4 Å². The van der Waals surface area contributed by atoms with E-state index < -0.39 is 13.2 Å². The molecule has 9 heteroatoms. The molecular weight excluding hydrogens is 349 g/mol. The van der Waals surface area contributed by atoms with Gasteiger partial charge in [0.2, 0.25) is 5.88 Å². The highest BCUT2D eigenvalue weighted by Gasteiger charge is 2.38. The van der Waals surface area contributed by atoms with E-state index in [9.17, 15) is 9.82 Å². The van der Waals surface area contributed by atoms with Gasteiger partial charge in [-0.15, -0.1) is 0 Å². The van der Waals surface area contributed by atoms with Crippen molar-refractivity contribution >= 4 is 24.4 Å². The molecule has 1 aromatic carbocycles. The second kappa shape index (κ2) is 7.93. The molecule has 0 amide bonds. The van der Waals surface area contributed by atoms with Gasteiger partial charge < -0.3 is 24.1 Å². The summed E-state index contributed by atoms with van der Waals surface area (Å²) in [4.78, 5) is 22.1. The molecule has 2 aromatic rings. The first kappa shape index (κ1) is 19.1. The Kier molecular flexibility index (Phi) is 5.62. The minimum Gasteiger partial charge on any atom is -0.466 e. The zero-order valence-corrected chi connectivity index (χ0v) is 15.8. The van der Waals surface area contributed by atoms with Crippen LogP contribution in [0.2, 0.25) is 0 Å². The van der Waals surface area contributed by atoms with Crippen LogP contribution in [-0.2, 0) is 14.2 Å². The van der Waals surface area contributed by atoms with Crippen molar-refractivity contribution in [2.24, 2.45) is 0 Å². The van der Waals surface area contributed by atoms with Crippen LogP contribution in [-0.4, -0.2) is 48.8 Å². The van der Waals surface area contributed by atoms with E-state index in [1.54, 1.807) is 19.2 Å². The molecule has 1 N–H and O–H groups in total. The molecule has 0 fully saturated rings. The Morgan fingerprint density at radius 3 is 2.85 bits per heavy atom. The third kappa shape index (κ3) is 4.20. The first-order valence-corrected chi connectivity index (χ1v) is 8.69. The lowest BCUT2D eigenvalue weighted by molar-refractivity contribution is -0.145. The fourth-order valence-corrected chi connectivity index (χ4v) is 3.04. The smallest absolute Gasteiger partial charge is 0.466 e. The molecule has 3 rings (SSSR count). The SMILES string of the molecule is CCOC(=O)CC1OB(O)c2cc(Oc3cncc(N(C)C)n3)cc(C)c21. The van der Waals surface area contributed by atoms with Crippen LogP contribution in [0.1, 0.15) is 30.6 Å². The van der Waals surface area contributed by atoms with Crippen molar-refractivity contribution in [1.29, 1.82) is 0 Å². The van der Waals surface area contributed by atoms with Crippen molar-refractivity contribution in [2.75, 3.05) is 25.6 Å². The number of aryl methyl sites for hydroxylation is 1. The van der Waals surface area contributed by atoms with Gasteiger partial charge in [0.05, 0.1) is 31.5 Å². The lowest BCUT2D eigenvalue weighted by atomic mass is 9.77. The first-order chi connectivity index (χ1) is 12.9. The zero-order chi connectivity index (χ0) is 19.6. The molecule has 0 radical (unpaired) electrons. The van der Waals surface area contributed by atoms with Crippen LogP contribution in [0.25, 0.3) is 0 Å². The molecule has 0 saturated carbocycles. The fourth-order valence-electron chi connectivity index (χ4n) is 3.04. The van der Waals surface area contributed by atoms with Gasteiger partial charge in [-0.3, -0.25) is 9.78 Å². The Hall–Kier alpha value is -2.65. The first-order valence-electron chi connectivity index (χ1n) is 8.69. The predicted molar refractivity (Wildman–Crippen MR) is 100 cm³/mol.